The monoisotopic (exact) mass is 558 g/mol. The Morgan fingerprint density at radius 1 is 0.829 bits per heavy atom. The Morgan fingerprint density at radius 2 is 1.49 bits per heavy atom. The van der Waals surface area contributed by atoms with Crippen molar-refractivity contribution in [2.24, 2.45) is 5.92 Å². The summed E-state index contributed by atoms with van der Waals surface area (Å²) in [5.74, 6) is -1.74. The lowest BCUT2D eigenvalue weighted by Crippen LogP contribution is -2.51. The molecule has 5 nitrogen and oxygen atoms in total. The molecule has 3 aliphatic heterocycles. The van der Waals surface area contributed by atoms with Gasteiger partial charge in [0.25, 0.3) is 0 Å². The quantitative estimate of drug-likeness (QED) is 0.279. The third-order valence-electron chi connectivity index (χ3n) is 8.80. The predicted octanol–water partition coefficient (Wildman–Crippen LogP) is 6.81. The number of para-hydroxylation sites is 1. The third kappa shape index (κ3) is 3.65. The first-order valence-electron chi connectivity index (χ1n) is 13.7. The molecule has 0 radical (unpaired) electrons. The Hall–Kier alpha value is -4.48. The number of nitrogens with zero attached hydrogens (tertiary/aromatic N) is 1. The molecular weight excluding hydrogens is 532 g/mol. The van der Waals surface area contributed by atoms with E-state index in [1.807, 2.05) is 79.4 Å². The lowest BCUT2D eigenvalue weighted by atomic mass is 9.64. The molecule has 1 N–H and O–H groups in total. The number of ketones is 2. The number of Topliss-reactive ketones (excluding diaryl/α,β-unsaturated/α-hetero) is 2. The highest BCUT2D eigenvalue weighted by atomic mass is 35.5. The lowest BCUT2D eigenvalue weighted by Gasteiger charge is -2.37. The first-order chi connectivity index (χ1) is 19.8. The minimum absolute atomic E-state index is 0.229. The molecule has 4 aromatic carbocycles. The molecule has 202 valence electrons. The number of hydrogen-bond donors (Lipinski definition) is 1. The van der Waals surface area contributed by atoms with Crippen molar-refractivity contribution >= 4 is 46.5 Å². The van der Waals surface area contributed by atoms with Crippen LogP contribution in [-0.2, 0) is 10.2 Å². The maximum absolute atomic E-state index is 14.8. The van der Waals surface area contributed by atoms with E-state index in [1.165, 1.54) is 0 Å². The molecule has 4 aromatic rings. The van der Waals surface area contributed by atoms with Crippen LogP contribution in [0.2, 0.25) is 5.02 Å². The van der Waals surface area contributed by atoms with Gasteiger partial charge in [-0.15, -0.1) is 0 Å². The summed E-state index contributed by atoms with van der Waals surface area (Å²) in [7, 11) is 0. The molecule has 1 fully saturated rings. The molecular formula is C35H27ClN2O3. The highest BCUT2D eigenvalue weighted by Gasteiger charge is 2.70. The molecule has 1 spiro atoms. The number of fused-ring (bicyclic) bond motifs is 6. The van der Waals surface area contributed by atoms with Crippen molar-refractivity contribution in [1.29, 1.82) is 0 Å². The molecule has 3 heterocycles. The average Bonchev–Trinajstić information content (AvgIpc) is 3.45. The van der Waals surface area contributed by atoms with Crippen molar-refractivity contribution in [3.63, 3.8) is 0 Å². The van der Waals surface area contributed by atoms with E-state index in [4.69, 9.17) is 11.6 Å². The van der Waals surface area contributed by atoms with Crippen molar-refractivity contribution in [2.75, 3.05) is 10.2 Å². The van der Waals surface area contributed by atoms with E-state index in [0.717, 1.165) is 27.9 Å². The van der Waals surface area contributed by atoms with E-state index in [0.29, 0.717) is 21.8 Å². The van der Waals surface area contributed by atoms with Gasteiger partial charge in [-0.3, -0.25) is 14.4 Å². The van der Waals surface area contributed by atoms with Crippen LogP contribution in [0.15, 0.2) is 97.1 Å². The number of anilines is 2. The van der Waals surface area contributed by atoms with Gasteiger partial charge in [-0.05, 0) is 67.4 Å². The Labute approximate surface area is 243 Å². The molecule has 0 aliphatic carbocycles. The number of halogens is 1. The molecule has 0 aromatic heterocycles. The molecule has 0 unspecified atom stereocenters. The summed E-state index contributed by atoms with van der Waals surface area (Å²) in [6.07, 6.45) is 4.01. The minimum atomic E-state index is -1.33. The van der Waals surface area contributed by atoms with Crippen molar-refractivity contribution < 1.29 is 14.4 Å². The second kappa shape index (κ2) is 9.28. The standard InChI is InChI=1S/C35H27ClN2O3/c1-20-7-10-22(11-8-20)32(39)30-31(33(40)23-12-15-25(36)16-13-23)38-28-17-9-21(2)19-24(28)14-18-29(38)35(30)26-5-3-4-6-27(26)37-34(35)41/h3-19,29-31H,1-2H3,(H,37,41)/t29-,30+,31-,35+/m1/s1. The van der Waals surface area contributed by atoms with Crippen LogP contribution in [0.5, 0.6) is 0 Å². The summed E-state index contributed by atoms with van der Waals surface area (Å²) in [6, 6.07) is 26.2. The zero-order valence-electron chi connectivity index (χ0n) is 22.6. The van der Waals surface area contributed by atoms with Gasteiger partial charge >= 0.3 is 0 Å². The number of benzene rings is 4. The normalized spacial score (nSPS) is 23.6. The molecule has 41 heavy (non-hydrogen) atoms. The van der Waals surface area contributed by atoms with Crippen molar-refractivity contribution in [1.82, 2.24) is 0 Å². The van der Waals surface area contributed by atoms with Gasteiger partial charge in [0.2, 0.25) is 5.91 Å². The largest absolute Gasteiger partial charge is 0.352 e. The van der Waals surface area contributed by atoms with Gasteiger partial charge < -0.3 is 10.2 Å². The number of amides is 1. The highest BCUT2D eigenvalue weighted by Crippen LogP contribution is 2.58. The smallest absolute Gasteiger partial charge is 0.238 e. The molecule has 1 saturated heterocycles. The van der Waals surface area contributed by atoms with Crippen LogP contribution in [0.3, 0.4) is 0 Å². The van der Waals surface area contributed by atoms with E-state index < -0.39 is 23.4 Å². The van der Waals surface area contributed by atoms with Gasteiger partial charge in [0, 0.05) is 27.5 Å². The Morgan fingerprint density at radius 3 is 2.24 bits per heavy atom. The van der Waals surface area contributed by atoms with Gasteiger partial charge in [0.05, 0.1) is 12.0 Å². The van der Waals surface area contributed by atoms with Gasteiger partial charge in [-0.1, -0.05) is 83.4 Å². The van der Waals surface area contributed by atoms with Crippen LogP contribution in [0.25, 0.3) is 6.08 Å². The Bertz CT molecular complexity index is 1780. The van der Waals surface area contributed by atoms with Crippen LogP contribution in [0.4, 0.5) is 11.4 Å². The maximum atomic E-state index is 14.8. The molecule has 3 aliphatic rings. The van der Waals surface area contributed by atoms with Crippen LogP contribution in [0, 0.1) is 19.8 Å². The van der Waals surface area contributed by atoms with Crippen molar-refractivity contribution in [2.45, 2.75) is 31.3 Å². The van der Waals surface area contributed by atoms with Gasteiger partial charge in [-0.2, -0.15) is 0 Å². The zero-order valence-corrected chi connectivity index (χ0v) is 23.4. The number of carbonyl (C=O) groups is 3. The van der Waals surface area contributed by atoms with Crippen LogP contribution >= 0.6 is 11.6 Å². The van der Waals surface area contributed by atoms with Crippen LogP contribution in [-0.4, -0.2) is 29.6 Å². The van der Waals surface area contributed by atoms with E-state index in [-0.39, 0.29) is 17.5 Å². The molecule has 0 bridgehead atoms. The third-order valence-corrected chi connectivity index (χ3v) is 9.06. The zero-order chi connectivity index (χ0) is 28.5. The van der Waals surface area contributed by atoms with Crippen molar-refractivity contribution in [3.8, 4) is 0 Å². The fraction of sp³-hybridized carbons (Fsp3) is 0.171. The summed E-state index contributed by atoms with van der Waals surface area (Å²) in [5, 5.41) is 3.58. The van der Waals surface area contributed by atoms with E-state index in [2.05, 4.69) is 11.4 Å². The maximum Gasteiger partial charge on any atom is 0.238 e. The highest BCUT2D eigenvalue weighted by molar-refractivity contribution is 6.30. The van der Waals surface area contributed by atoms with Gasteiger partial charge in [0.1, 0.15) is 11.5 Å². The second-order valence-corrected chi connectivity index (χ2v) is 11.6. The summed E-state index contributed by atoms with van der Waals surface area (Å²) in [5.41, 5.74) is 4.85. The van der Waals surface area contributed by atoms with E-state index in [1.54, 1.807) is 36.4 Å². The predicted molar refractivity (Wildman–Crippen MR) is 162 cm³/mol. The van der Waals surface area contributed by atoms with Crippen LogP contribution < -0.4 is 10.2 Å². The lowest BCUT2D eigenvalue weighted by molar-refractivity contribution is -0.121. The summed E-state index contributed by atoms with van der Waals surface area (Å²) in [6.45, 7) is 3.98. The number of aryl methyl sites for hydroxylation is 2. The summed E-state index contributed by atoms with van der Waals surface area (Å²) >= 11 is 6.18. The minimum Gasteiger partial charge on any atom is -0.352 e. The number of carbonyl (C=O) groups excluding carboxylic acids is 3. The summed E-state index contributed by atoms with van der Waals surface area (Å²) in [4.78, 5) is 45.8. The number of nitrogens with one attached hydrogen (secondary N) is 1. The molecule has 7 rings (SSSR count). The second-order valence-electron chi connectivity index (χ2n) is 11.2. The van der Waals surface area contributed by atoms with Gasteiger partial charge in [0.15, 0.2) is 11.6 Å². The Kier molecular flexibility index (Phi) is 5.77. The first kappa shape index (κ1) is 25.5. The number of rotatable bonds is 4. The fourth-order valence-electron chi connectivity index (χ4n) is 6.98. The first-order valence-corrected chi connectivity index (χ1v) is 14.1. The number of hydrogen-bond acceptors (Lipinski definition) is 4. The fourth-order valence-corrected chi connectivity index (χ4v) is 7.11. The van der Waals surface area contributed by atoms with Crippen LogP contribution in [0.1, 0.15) is 43.0 Å². The molecule has 1 amide bonds. The SMILES string of the molecule is Cc1ccc(C(=O)[C@@H]2[C@H](C(=O)c3ccc(Cl)cc3)N3c4ccc(C)cc4C=C[C@@H]3[C@]23C(=O)Nc2ccccc23)cc1. The van der Waals surface area contributed by atoms with E-state index in [9.17, 15) is 14.4 Å². The molecule has 0 saturated carbocycles. The molecule has 6 heteroatoms. The van der Waals surface area contributed by atoms with Crippen molar-refractivity contribution in [3.05, 3.63) is 135 Å². The van der Waals surface area contributed by atoms with E-state index >= 15 is 0 Å². The van der Waals surface area contributed by atoms with Gasteiger partial charge in [-0.25, -0.2) is 0 Å². The topological polar surface area (TPSA) is 66.5 Å². The Balaban J connectivity index is 1.53. The summed E-state index contributed by atoms with van der Waals surface area (Å²) < 4.78 is 0. The molecule has 4 atom stereocenters. The average molecular weight is 559 g/mol.